The third-order valence-electron chi connectivity index (χ3n) is 5.04. The molecule has 3 unspecified atom stereocenters. The van der Waals surface area contributed by atoms with Gasteiger partial charge in [-0.1, -0.05) is 31.2 Å². The van der Waals surface area contributed by atoms with Gasteiger partial charge in [0, 0.05) is 36.4 Å². The maximum absolute atomic E-state index is 12.2. The third kappa shape index (κ3) is 4.54. The van der Waals surface area contributed by atoms with Gasteiger partial charge in [0.05, 0.1) is 12.5 Å². The van der Waals surface area contributed by atoms with Crippen LogP contribution in [0.4, 0.5) is 0 Å². The Morgan fingerprint density at radius 3 is 2.37 bits per heavy atom. The van der Waals surface area contributed by atoms with E-state index in [-0.39, 0.29) is 30.1 Å². The Bertz CT molecular complexity index is 831. The number of carbonyl (C=O) groups excluding carboxylic acids is 2. The van der Waals surface area contributed by atoms with E-state index in [0.29, 0.717) is 6.61 Å². The number of amides is 2. The van der Waals surface area contributed by atoms with Gasteiger partial charge in [-0.05, 0) is 40.3 Å². The Morgan fingerprint density at radius 1 is 1.19 bits per heavy atom. The van der Waals surface area contributed by atoms with Crippen LogP contribution in [0.5, 0.6) is 5.75 Å². The van der Waals surface area contributed by atoms with E-state index < -0.39 is 0 Å². The Balaban J connectivity index is 1.57. The van der Waals surface area contributed by atoms with Crippen molar-refractivity contribution in [3.05, 3.63) is 58.9 Å². The van der Waals surface area contributed by atoms with E-state index in [2.05, 4.69) is 26.5 Å². The summed E-state index contributed by atoms with van der Waals surface area (Å²) < 4.78 is 7.00. The monoisotopic (exact) mass is 384 g/mol. The minimum Gasteiger partial charge on any atom is -0.493 e. The summed E-state index contributed by atoms with van der Waals surface area (Å²) in [6.45, 7) is 6.51. The zero-order chi connectivity index (χ0) is 19.6. The molecule has 0 aliphatic carbocycles. The first kappa shape index (κ1) is 19.5. The van der Waals surface area contributed by atoms with E-state index in [1.807, 2.05) is 45.0 Å². The molecular formula is C21H25N2O3P. The highest BCUT2D eigenvalue weighted by molar-refractivity contribution is 7.16. The maximum Gasteiger partial charge on any atom is 0.236 e. The number of nitrogens with zero attached hydrogens (tertiary/aromatic N) is 2. The van der Waals surface area contributed by atoms with Crippen LogP contribution < -0.4 is 4.74 Å². The lowest BCUT2D eigenvalue weighted by atomic mass is 9.86. The second-order valence-corrected chi connectivity index (χ2v) is 7.64. The molecule has 27 heavy (non-hydrogen) atoms. The van der Waals surface area contributed by atoms with Gasteiger partial charge in [0.15, 0.2) is 0 Å². The van der Waals surface area contributed by atoms with Crippen LogP contribution in [0.15, 0.2) is 36.4 Å². The molecule has 0 N–H and O–H groups in total. The molecule has 2 heterocycles. The van der Waals surface area contributed by atoms with Gasteiger partial charge in [0.2, 0.25) is 11.8 Å². The van der Waals surface area contributed by atoms with E-state index in [0.717, 1.165) is 33.8 Å². The lowest BCUT2D eigenvalue weighted by Gasteiger charge is -2.18. The predicted octanol–water partition coefficient (Wildman–Crippen LogP) is 3.59. The minimum absolute atomic E-state index is 0.0140. The van der Waals surface area contributed by atoms with Crippen LogP contribution in [0.25, 0.3) is 0 Å². The Hall–Kier alpha value is -2.26. The standard InChI is InChI=1S/C21H25N2O3P/c1-13-10-18(11-14(2)22-13)26-9-8-16-4-6-17(7-5-16)15(3)19-12-20(24)23(27)21(19)25/h4-7,10-11,15,19H,8-9,12,27H2,1-3H3. The van der Waals surface area contributed by atoms with Gasteiger partial charge in [0.1, 0.15) is 5.75 Å². The summed E-state index contributed by atoms with van der Waals surface area (Å²) in [4.78, 5) is 28.3. The summed E-state index contributed by atoms with van der Waals surface area (Å²) in [5.41, 5.74) is 4.15. The van der Waals surface area contributed by atoms with Crippen LogP contribution in [0.2, 0.25) is 0 Å². The molecule has 1 fully saturated rings. The molecule has 3 atom stereocenters. The number of hydrogen-bond acceptors (Lipinski definition) is 4. The molecule has 1 aliphatic heterocycles. The van der Waals surface area contributed by atoms with E-state index in [9.17, 15) is 9.59 Å². The maximum atomic E-state index is 12.2. The molecule has 2 aromatic rings. The topological polar surface area (TPSA) is 59.5 Å². The zero-order valence-corrected chi connectivity index (χ0v) is 17.1. The number of pyridine rings is 1. The molecule has 0 spiro atoms. The quantitative estimate of drug-likeness (QED) is 0.564. The van der Waals surface area contributed by atoms with Gasteiger partial charge in [-0.25, -0.2) is 0 Å². The second-order valence-electron chi connectivity index (χ2n) is 7.13. The Labute approximate surface area is 162 Å². The molecule has 142 valence electrons. The fourth-order valence-corrected chi connectivity index (χ4v) is 3.75. The van der Waals surface area contributed by atoms with Crippen molar-refractivity contribution < 1.29 is 14.3 Å². The molecule has 1 saturated heterocycles. The van der Waals surface area contributed by atoms with E-state index in [4.69, 9.17) is 4.74 Å². The van der Waals surface area contributed by atoms with Crippen molar-refractivity contribution in [1.82, 2.24) is 9.65 Å². The summed E-state index contributed by atoms with van der Waals surface area (Å²) in [6.07, 6.45) is 1.08. The van der Waals surface area contributed by atoms with Gasteiger partial charge in [0.25, 0.3) is 0 Å². The molecule has 0 radical (unpaired) electrons. The number of carbonyl (C=O) groups is 2. The van der Waals surface area contributed by atoms with Gasteiger partial charge >= 0.3 is 0 Å². The van der Waals surface area contributed by atoms with Crippen molar-refractivity contribution in [2.75, 3.05) is 6.61 Å². The average molecular weight is 384 g/mol. The number of hydrogen-bond donors (Lipinski definition) is 0. The number of ether oxygens (including phenoxy) is 1. The summed E-state index contributed by atoms with van der Waals surface area (Å²) in [6, 6.07) is 12.1. The lowest BCUT2D eigenvalue weighted by Crippen LogP contribution is -2.22. The lowest BCUT2D eigenvalue weighted by molar-refractivity contribution is -0.133. The van der Waals surface area contributed by atoms with Gasteiger partial charge < -0.3 is 4.74 Å². The molecule has 0 bridgehead atoms. The molecule has 6 heteroatoms. The van der Waals surface area contributed by atoms with Crippen LogP contribution in [-0.2, 0) is 16.0 Å². The van der Waals surface area contributed by atoms with Crippen LogP contribution in [-0.4, -0.2) is 28.1 Å². The summed E-state index contributed by atoms with van der Waals surface area (Å²) in [5.74, 6) is 0.342. The van der Waals surface area contributed by atoms with Crippen molar-refractivity contribution in [2.24, 2.45) is 5.92 Å². The van der Waals surface area contributed by atoms with Crippen molar-refractivity contribution in [3.8, 4) is 5.75 Å². The first-order valence-corrected chi connectivity index (χ1v) is 9.65. The SMILES string of the molecule is Cc1cc(OCCc2ccc(C(C)C3CC(=O)N(P)C3=O)cc2)cc(C)n1. The molecule has 0 saturated carbocycles. The van der Waals surface area contributed by atoms with Crippen molar-refractivity contribution in [1.29, 1.82) is 0 Å². The zero-order valence-electron chi connectivity index (χ0n) is 15.9. The number of benzene rings is 1. The number of aryl methyl sites for hydroxylation is 2. The molecule has 2 amide bonds. The number of aromatic nitrogens is 1. The fraction of sp³-hybridized carbons (Fsp3) is 0.381. The van der Waals surface area contributed by atoms with Gasteiger partial charge in [-0.3, -0.25) is 19.2 Å². The number of imide groups is 1. The van der Waals surface area contributed by atoms with Gasteiger partial charge in [-0.15, -0.1) is 0 Å². The molecule has 1 aromatic carbocycles. The van der Waals surface area contributed by atoms with Crippen LogP contribution >= 0.6 is 9.39 Å². The largest absolute Gasteiger partial charge is 0.493 e. The highest BCUT2D eigenvalue weighted by atomic mass is 31.0. The minimum atomic E-state index is -0.276. The Morgan fingerprint density at radius 2 is 1.81 bits per heavy atom. The van der Waals surface area contributed by atoms with Crippen molar-refractivity contribution in [2.45, 2.75) is 39.5 Å². The van der Waals surface area contributed by atoms with Crippen molar-refractivity contribution in [3.63, 3.8) is 0 Å². The van der Waals surface area contributed by atoms with Gasteiger partial charge in [-0.2, -0.15) is 0 Å². The van der Waals surface area contributed by atoms with E-state index >= 15 is 0 Å². The van der Waals surface area contributed by atoms with Crippen molar-refractivity contribution >= 4 is 21.2 Å². The first-order chi connectivity index (χ1) is 12.8. The normalized spacial score (nSPS) is 18.1. The first-order valence-electron chi connectivity index (χ1n) is 9.13. The molecule has 3 rings (SSSR count). The average Bonchev–Trinajstić information content (AvgIpc) is 2.88. The van der Waals surface area contributed by atoms with Crippen LogP contribution in [0.3, 0.4) is 0 Å². The molecule has 1 aromatic heterocycles. The molecular weight excluding hydrogens is 359 g/mol. The van der Waals surface area contributed by atoms with Crippen LogP contribution in [0.1, 0.15) is 41.8 Å². The highest BCUT2D eigenvalue weighted by Gasteiger charge is 2.39. The summed E-state index contributed by atoms with van der Waals surface area (Å²) in [7, 11) is 2.22. The second kappa shape index (κ2) is 8.18. The van der Waals surface area contributed by atoms with E-state index in [1.165, 1.54) is 5.56 Å². The summed E-state index contributed by atoms with van der Waals surface area (Å²) >= 11 is 0. The predicted molar refractivity (Wildman–Crippen MR) is 107 cm³/mol. The summed E-state index contributed by atoms with van der Waals surface area (Å²) in [5, 5.41) is 0. The highest BCUT2D eigenvalue weighted by Crippen LogP contribution is 2.34. The number of rotatable bonds is 6. The third-order valence-corrected chi connectivity index (χ3v) is 5.58. The Kier molecular flexibility index (Phi) is 5.91. The van der Waals surface area contributed by atoms with Crippen LogP contribution in [0, 0.1) is 19.8 Å². The fourth-order valence-electron chi connectivity index (χ4n) is 3.45. The van der Waals surface area contributed by atoms with E-state index in [1.54, 1.807) is 0 Å². The molecule has 1 aliphatic rings. The molecule has 5 nitrogen and oxygen atoms in total. The smallest absolute Gasteiger partial charge is 0.236 e.